The molecule has 21 heavy (non-hydrogen) atoms. The summed E-state index contributed by atoms with van der Waals surface area (Å²) in [5, 5.41) is 2.77. The maximum atomic E-state index is 10.9. The molecule has 0 aliphatic rings. The van der Waals surface area contributed by atoms with Crippen LogP contribution in [0.3, 0.4) is 0 Å². The largest absolute Gasteiger partial charge is 0.375 e. The van der Waals surface area contributed by atoms with Gasteiger partial charge in [0.05, 0.1) is 24.4 Å². The zero-order valence-corrected chi connectivity index (χ0v) is 14.4. The molecule has 0 spiro atoms. The van der Waals surface area contributed by atoms with Crippen molar-refractivity contribution in [2.75, 3.05) is 19.8 Å². The molecule has 0 saturated heterocycles. The first kappa shape index (κ1) is 20.1. The summed E-state index contributed by atoms with van der Waals surface area (Å²) >= 11 is 0. The molecule has 0 aromatic carbocycles. The van der Waals surface area contributed by atoms with Crippen LogP contribution in [0.15, 0.2) is 0 Å². The molecular weight excluding hydrogens is 270 g/mol. The Morgan fingerprint density at radius 3 is 1.95 bits per heavy atom. The van der Waals surface area contributed by atoms with Gasteiger partial charge >= 0.3 is 0 Å². The highest BCUT2D eigenvalue weighted by molar-refractivity contribution is 5.75. The molecule has 0 atom stereocenters. The summed E-state index contributed by atoms with van der Waals surface area (Å²) in [4.78, 5) is 21.7. The van der Waals surface area contributed by atoms with Gasteiger partial charge in [-0.05, 0) is 47.5 Å². The predicted molar refractivity (Wildman–Crippen MR) is 83.3 cm³/mol. The van der Waals surface area contributed by atoms with Gasteiger partial charge in [-0.15, -0.1) is 0 Å². The van der Waals surface area contributed by atoms with Gasteiger partial charge in [-0.3, -0.25) is 9.59 Å². The van der Waals surface area contributed by atoms with Gasteiger partial charge in [-0.2, -0.15) is 0 Å². The molecule has 0 aliphatic carbocycles. The lowest BCUT2D eigenvalue weighted by Gasteiger charge is -2.29. The van der Waals surface area contributed by atoms with Crippen molar-refractivity contribution in [3.63, 3.8) is 0 Å². The Morgan fingerprint density at radius 2 is 1.43 bits per heavy atom. The maximum absolute atomic E-state index is 10.9. The zero-order chi connectivity index (χ0) is 16.5. The SMILES string of the molecule is CC(=O)CCOC(C)(C)CCOC(C)(C)CCNC(C)=O. The van der Waals surface area contributed by atoms with Crippen LogP contribution in [0.25, 0.3) is 0 Å². The number of Topliss-reactive ketones (excluding diaryl/α,β-unsaturated/α-hetero) is 1. The van der Waals surface area contributed by atoms with Crippen LogP contribution in [-0.4, -0.2) is 42.7 Å². The Kier molecular flexibility index (Phi) is 8.74. The van der Waals surface area contributed by atoms with E-state index >= 15 is 0 Å². The van der Waals surface area contributed by atoms with Gasteiger partial charge in [0.2, 0.25) is 5.91 Å². The summed E-state index contributed by atoms with van der Waals surface area (Å²) in [6.45, 7) is 12.7. The second-order valence-electron chi connectivity index (χ2n) is 6.65. The number of hydrogen-bond acceptors (Lipinski definition) is 4. The molecule has 5 heteroatoms. The van der Waals surface area contributed by atoms with E-state index in [0.717, 1.165) is 12.8 Å². The molecule has 124 valence electrons. The Bertz CT molecular complexity index is 305. The van der Waals surface area contributed by atoms with Gasteiger partial charge in [-0.25, -0.2) is 0 Å². The van der Waals surface area contributed by atoms with Crippen molar-refractivity contribution in [3.8, 4) is 0 Å². The van der Waals surface area contributed by atoms with E-state index in [1.165, 1.54) is 6.92 Å². The molecule has 0 unspecified atom stereocenters. The molecule has 0 radical (unpaired) electrons. The van der Waals surface area contributed by atoms with Crippen molar-refractivity contribution < 1.29 is 19.1 Å². The number of amides is 1. The summed E-state index contributed by atoms with van der Waals surface area (Å²) in [7, 11) is 0. The molecule has 0 fully saturated rings. The Balaban J connectivity index is 3.92. The molecule has 0 heterocycles. The molecular formula is C16H31NO4. The number of hydrogen-bond donors (Lipinski definition) is 1. The lowest BCUT2D eigenvalue weighted by molar-refractivity contribution is -0.120. The molecule has 0 saturated carbocycles. The van der Waals surface area contributed by atoms with E-state index in [9.17, 15) is 9.59 Å². The van der Waals surface area contributed by atoms with Crippen molar-refractivity contribution in [1.29, 1.82) is 0 Å². The number of carbonyl (C=O) groups excluding carboxylic acids is 2. The lowest BCUT2D eigenvalue weighted by Crippen LogP contribution is -2.34. The molecule has 0 bridgehead atoms. The lowest BCUT2D eigenvalue weighted by atomic mass is 10.0. The van der Waals surface area contributed by atoms with Crippen LogP contribution in [0.1, 0.15) is 60.8 Å². The highest BCUT2D eigenvalue weighted by Crippen LogP contribution is 2.19. The molecule has 0 aromatic heterocycles. The summed E-state index contributed by atoms with van der Waals surface area (Å²) in [6.07, 6.45) is 1.97. The van der Waals surface area contributed by atoms with Crippen molar-refractivity contribution in [2.24, 2.45) is 0 Å². The number of carbonyl (C=O) groups is 2. The molecule has 1 amide bonds. The quantitative estimate of drug-likeness (QED) is 0.637. The minimum atomic E-state index is -0.302. The topological polar surface area (TPSA) is 64.6 Å². The first-order chi connectivity index (χ1) is 9.54. The van der Waals surface area contributed by atoms with Crippen LogP contribution in [0, 0.1) is 0 Å². The van der Waals surface area contributed by atoms with E-state index in [1.54, 1.807) is 6.92 Å². The monoisotopic (exact) mass is 301 g/mol. The third kappa shape index (κ3) is 12.5. The summed E-state index contributed by atoms with van der Waals surface area (Å²) in [6, 6.07) is 0. The van der Waals surface area contributed by atoms with Crippen molar-refractivity contribution >= 4 is 11.7 Å². The summed E-state index contributed by atoms with van der Waals surface area (Å²) in [5.74, 6) is 0.118. The molecule has 1 N–H and O–H groups in total. The van der Waals surface area contributed by atoms with Crippen LogP contribution in [0.2, 0.25) is 0 Å². The fraction of sp³-hybridized carbons (Fsp3) is 0.875. The van der Waals surface area contributed by atoms with Crippen LogP contribution in [-0.2, 0) is 19.1 Å². The fourth-order valence-electron chi connectivity index (χ4n) is 1.73. The van der Waals surface area contributed by atoms with E-state index in [4.69, 9.17) is 9.47 Å². The van der Waals surface area contributed by atoms with E-state index in [1.807, 2.05) is 27.7 Å². The molecule has 5 nitrogen and oxygen atoms in total. The second-order valence-corrected chi connectivity index (χ2v) is 6.65. The van der Waals surface area contributed by atoms with Gasteiger partial charge in [0.15, 0.2) is 0 Å². The van der Waals surface area contributed by atoms with Crippen molar-refractivity contribution in [1.82, 2.24) is 5.32 Å². The highest BCUT2D eigenvalue weighted by Gasteiger charge is 2.22. The standard InChI is InChI=1S/C16H31NO4/c1-13(18)7-11-20-16(5,6)9-12-21-15(3,4)8-10-17-14(2)19/h7-12H2,1-6H3,(H,17,19). The Morgan fingerprint density at radius 1 is 0.905 bits per heavy atom. The van der Waals surface area contributed by atoms with Crippen LogP contribution in [0.5, 0.6) is 0 Å². The zero-order valence-electron chi connectivity index (χ0n) is 14.4. The number of nitrogens with one attached hydrogen (secondary N) is 1. The van der Waals surface area contributed by atoms with Crippen LogP contribution >= 0.6 is 0 Å². The number of rotatable bonds is 11. The van der Waals surface area contributed by atoms with E-state index in [2.05, 4.69) is 5.32 Å². The average molecular weight is 301 g/mol. The summed E-state index contributed by atoms with van der Waals surface area (Å²) in [5.41, 5.74) is -0.582. The van der Waals surface area contributed by atoms with E-state index in [0.29, 0.717) is 26.2 Å². The van der Waals surface area contributed by atoms with E-state index < -0.39 is 0 Å². The minimum absolute atomic E-state index is 0.0224. The number of ketones is 1. The van der Waals surface area contributed by atoms with Crippen molar-refractivity contribution in [3.05, 3.63) is 0 Å². The van der Waals surface area contributed by atoms with Crippen molar-refractivity contribution in [2.45, 2.75) is 72.0 Å². The minimum Gasteiger partial charge on any atom is -0.375 e. The number of ether oxygens (including phenoxy) is 2. The first-order valence-corrected chi connectivity index (χ1v) is 7.56. The Labute approximate surface area is 128 Å². The predicted octanol–water partition coefficient (Wildman–Crippen LogP) is 2.47. The van der Waals surface area contributed by atoms with Gasteiger partial charge in [0.1, 0.15) is 5.78 Å². The second kappa shape index (κ2) is 9.15. The van der Waals surface area contributed by atoms with Gasteiger partial charge in [0.25, 0.3) is 0 Å². The van der Waals surface area contributed by atoms with E-state index in [-0.39, 0.29) is 22.9 Å². The van der Waals surface area contributed by atoms with Crippen LogP contribution in [0.4, 0.5) is 0 Å². The Hall–Kier alpha value is -0.940. The van der Waals surface area contributed by atoms with Crippen LogP contribution < -0.4 is 5.32 Å². The third-order valence-electron chi connectivity index (χ3n) is 3.24. The summed E-state index contributed by atoms with van der Waals surface area (Å²) < 4.78 is 11.6. The average Bonchev–Trinajstić information content (AvgIpc) is 2.26. The molecule has 0 aromatic rings. The molecule has 0 aliphatic heterocycles. The smallest absolute Gasteiger partial charge is 0.216 e. The van der Waals surface area contributed by atoms with Gasteiger partial charge < -0.3 is 14.8 Å². The first-order valence-electron chi connectivity index (χ1n) is 7.56. The molecule has 0 rings (SSSR count). The highest BCUT2D eigenvalue weighted by atomic mass is 16.5. The normalized spacial score (nSPS) is 12.3. The third-order valence-corrected chi connectivity index (χ3v) is 3.24. The van der Waals surface area contributed by atoms with Gasteiger partial charge in [-0.1, -0.05) is 0 Å². The van der Waals surface area contributed by atoms with Gasteiger partial charge in [0, 0.05) is 19.9 Å². The fourth-order valence-corrected chi connectivity index (χ4v) is 1.73. The maximum Gasteiger partial charge on any atom is 0.216 e.